The number of carbonyl (C=O) groups is 1. The maximum Gasteiger partial charge on any atom is 0.409 e. The highest BCUT2D eigenvalue weighted by atomic mass is 16.6. The van der Waals surface area contributed by atoms with Crippen molar-refractivity contribution in [3.63, 3.8) is 0 Å². The Hall–Kier alpha value is -3.19. The van der Waals surface area contributed by atoms with Crippen LogP contribution in [0.5, 0.6) is 0 Å². The van der Waals surface area contributed by atoms with Gasteiger partial charge in [-0.25, -0.2) is 9.48 Å². The first-order chi connectivity index (χ1) is 15.5. The van der Waals surface area contributed by atoms with Gasteiger partial charge in [-0.1, -0.05) is 53.7 Å². The number of hydrogen-bond acceptors (Lipinski definition) is 5. The predicted octanol–water partition coefficient (Wildman–Crippen LogP) is 4.09. The van der Waals surface area contributed by atoms with E-state index in [-0.39, 0.29) is 25.1 Å². The molecule has 0 saturated carbocycles. The number of hydrogen-bond donors (Lipinski definition) is 1. The molecule has 7 heteroatoms. The number of ether oxygens (including phenoxy) is 1. The monoisotopic (exact) mass is 432 g/mol. The van der Waals surface area contributed by atoms with E-state index in [1.54, 1.807) is 15.8 Å². The van der Waals surface area contributed by atoms with Gasteiger partial charge in [0.15, 0.2) is 0 Å². The zero-order valence-corrected chi connectivity index (χ0v) is 18.4. The molecule has 1 atom stereocenters. The van der Waals surface area contributed by atoms with Crippen LogP contribution in [0.25, 0.3) is 11.1 Å². The van der Waals surface area contributed by atoms with Gasteiger partial charge >= 0.3 is 6.09 Å². The SMILES string of the molecule is CC(C)n1cc(C2(O)CCCN(C(=O)OCC3c4ccccc4-c4ccccc43)C2)nn1. The Morgan fingerprint density at radius 1 is 1.16 bits per heavy atom. The summed E-state index contributed by atoms with van der Waals surface area (Å²) in [5, 5.41) is 19.5. The van der Waals surface area contributed by atoms with Crippen molar-refractivity contribution in [2.45, 2.75) is 44.2 Å². The van der Waals surface area contributed by atoms with Crippen LogP contribution in [-0.2, 0) is 10.3 Å². The van der Waals surface area contributed by atoms with Gasteiger partial charge in [0.05, 0.1) is 12.7 Å². The van der Waals surface area contributed by atoms with E-state index in [1.807, 2.05) is 38.1 Å². The van der Waals surface area contributed by atoms with Crippen LogP contribution in [0.3, 0.4) is 0 Å². The molecule has 2 aliphatic rings. The molecule has 1 aliphatic heterocycles. The number of carbonyl (C=O) groups excluding carboxylic acids is 1. The normalized spacial score (nSPS) is 20.3. The third kappa shape index (κ3) is 3.56. The van der Waals surface area contributed by atoms with Crippen molar-refractivity contribution in [3.05, 3.63) is 71.5 Å². The van der Waals surface area contributed by atoms with E-state index in [1.165, 1.54) is 22.3 Å². The second-order valence-corrected chi connectivity index (χ2v) is 9.04. The van der Waals surface area contributed by atoms with E-state index >= 15 is 0 Å². The third-order valence-corrected chi connectivity index (χ3v) is 6.58. The lowest BCUT2D eigenvalue weighted by Gasteiger charge is -2.37. The number of nitrogens with zero attached hydrogens (tertiary/aromatic N) is 4. The first kappa shape index (κ1) is 20.7. The zero-order valence-electron chi connectivity index (χ0n) is 18.4. The Balaban J connectivity index is 1.29. The molecular weight excluding hydrogens is 404 g/mol. The minimum Gasteiger partial charge on any atom is -0.448 e. The molecule has 1 N–H and O–H groups in total. The molecule has 7 nitrogen and oxygen atoms in total. The highest BCUT2D eigenvalue weighted by Crippen LogP contribution is 2.44. The molecule has 1 aromatic heterocycles. The van der Waals surface area contributed by atoms with Gasteiger partial charge < -0.3 is 14.7 Å². The molecule has 3 aromatic rings. The number of aliphatic hydroxyl groups is 1. The molecule has 0 bridgehead atoms. The summed E-state index contributed by atoms with van der Waals surface area (Å²) < 4.78 is 7.51. The molecule has 166 valence electrons. The smallest absolute Gasteiger partial charge is 0.409 e. The summed E-state index contributed by atoms with van der Waals surface area (Å²) in [5.74, 6) is 0.0148. The maximum absolute atomic E-state index is 13.0. The van der Waals surface area contributed by atoms with E-state index in [2.05, 4.69) is 34.6 Å². The van der Waals surface area contributed by atoms with Crippen molar-refractivity contribution in [1.82, 2.24) is 19.9 Å². The Bertz CT molecular complexity index is 1100. The van der Waals surface area contributed by atoms with Crippen molar-refractivity contribution >= 4 is 6.09 Å². The molecule has 1 fully saturated rings. The molecule has 2 heterocycles. The summed E-state index contributed by atoms with van der Waals surface area (Å²) in [4.78, 5) is 14.6. The van der Waals surface area contributed by atoms with Gasteiger partial charge in [-0.2, -0.15) is 0 Å². The second-order valence-electron chi connectivity index (χ2n) is 9.04. The van der Waals surface area contributed by atoms with Crippen LogP contribution < -0.4 is 0 Å². The lowest BCUT2D eigenvalue weighted by Crippen LogP contribution is -2.49. The topological polar surface area (TPSA) is 80.5 Å². The van der Waals surface area contributed by atoms with E-state index in [0.29, 0.717) is 25.1 Å². The molecule has 2 aromatic carbocycles. The zero-order chi connectivity index (χ0) is 22.3. The Labute approximate surface area is 187 Å². The number of β-amino-alcohol motifs (C(OH)–C–C–N with tert-alkyl or cyclic N) is 1. The van der Waals surface area contributed by atoms with Gasteiger partial charge in [-0.3, -0.25) is 0 Å². The van der Waals surface area contributed by atoms with Crippen molar-refractivity contribution in [3.8, 4) is 11.1 Å². The molecule has 0 radical (unpaired) electrons. The fraction of sp³-hybridized carbons (Fsp3) is 0.400. The van der Waals surface area contributed by atoms with Crippen LogP contribution in [0.4, 0.5) is 4.79 Å². The van der Waals surface area contributed by atoms with Crippen LogP contribution in [0.2, 0.25) is 0 Å². The molecule has 0 spiro atoms. The minimum absolute atomic E-state index is 0.0148. The summed E-state index contributed by atoms with van der Waals surface area (Å²) in [5.41, 5.74) is 4.05. The van der Waals surface area contributed by atoms with Crippen molar-refractivity contribution in [1.29, 1.82) is 0 Å². The standard InChI is InChI=1S/C25H28N4O3/c1-17(2)29-14-23(26-27-29)25(31)12-7-13-28(16-25)24(30)32-15-22-20-10-5-3-8-18(20)19-9-4-6-11-21(19)22/h3-6,8-11,14,17,22,31H,7,12-13,15-16H2,1-2H3. The second kappa shape index (κ2) is 8.06. The van der Waals surface area contributed by atoms with Crippen molar-refractivity contribution in [2.75, 3.05) is 19.7 Å². The first-order valence-electron chi connectivity index (χ1n) is 11.2. The van der Waals surface area contributed by atoms with Crippen molar-refractivity contribution in [2.24, 2.45) is 0 Å². The number of fused-ring (bicyclic) bond motifs is 3. The fourth-order valence-electron chi connectivity index (χ4n) is 4.83. The molecule has 1 aliphatic carbocycles. The van der Waals surface area contributed by atoms with Gasteiger partial charge in [-0.15, -0.1) is 5.10 Å². The molecule has 32 heavy (non-hydrogen) atoms. The van der Waals surface area contributed by atoms with Gasteiger partial charge in [-0.05, 0) is 48.9 Å². The number of piperidine rings is 1. The largest absolute Gasteiger partial charge is 0.448 e. The fourth-order valence-corrected chi connectivity index (χ4v) is 4.83. The van der Waals surface area contributed by atoms with Crippen LogP contribution in [0.15, 0.2) is 54.7 Å². The summed E-state index contributed by atoms with van der Waals surface area (Å²) in [6.45, 7) is 4.99. The maximum atomic E-state index is 13.0. The predicted molar refractivity (Wildman–Crippen MR) is 120 cm³/mol. The van der Waals surface area contributed by atoms with E-state index in [0.717, 1.165) is 0 Å². The van der Waals surface area contributed by atoms with Gasteiger partial charge in [0.1, 0.15) is 17.9 Å². The molecule has 1 unspecified atom stereocenters. The average molecular weight is 433 g/mol. The van der Waals surface area contributed by atoms with E-state index in [4.69, 9.17) is 4.74 Å². The van der Waals surface area contributed by atoms with Crippen molar-refractivity contribution < 1.29 is 14.6 Å². The quantitative estimate of drug-likeness (QED) is 0.672. The summed E-state index contributed by atoms with van der Waals surface area (Å²) >= 11 is 0. The number of aromatic nitrogens is 3. The highest BCUT2D eigenvalue weighted by Gasteiger charge is 2.40. The number of likely N-dealkylation sites (tertiary alicyclic amines) is 1. The first-order valence-corrected chi connectivity index (χ1v) is 11.2. The van der Waals surface area contributed by atoms with Gasteiger partial charge in [0.25, 0.3) is 0 Å². The highest BCUT2D eigenvalue weighted by molar-refractivity contribution is 5.79. The molecule has 1 amide bonds. The lowest BCUT2D eigenvalue weighted by atomic mass is 9.90. The van der Waals surface area contributed by atoms with Gasteiger partial charge in [0, 0.05) is 18.5 Å². The Kier molecular flexibility index (Phi) is 5.21. The summed E-state index contributed by atoms with van der Waals surface area (Å²) in [6.07, 6.45) is 2.58. The lowest BCUT2D eigenvalue weighted by molar-refractivity contribution is -0.0373. The molecule has 5 rings (SSSR count). The number of amides is 1. The van der Waals surface area contributed by atoms with Crippen LogP contribution >= 0.6 is 0 Å². The van der Waals surface area contributed by atoms with Gasteiger partial charge in [0.2, 0.25) is 0 Å². The third-order valence-electron chi connectivity index (χ3n) is 6.58. The Morgan fingerprint density at radius 2 is 1.81 bits per heavy atom. The molecular formula is C25H28N4O3. The number of rotatable bonds is 4. The summed E-state index contributed by atoms with van der Waals surface area (Å²) in [6, 6.07) is 16.7. The Morgan fingerprint density at radius 3 is 2.44 bits per heavy atom. The van der Waals surface area contributed by atoms with Crippen LogP contribution in [0, 0.1) is 0 Å². The van der Waals surface area contributed by atoms with Crippen LogP contribution in [-0.4, -0.2) is 50.8 Å². The average Bonchev–Trinajstić information content (AvgIpc) is 3.42. The number of benzene rings is 2. The van der Waals surface area contributed by atoms with E-state index in [9.17, 15) is 9.90 Å². The van der Waals surface area contributed by atoms with E-state index < -0.39 is 11.7 Å². The molecule has 1 saturated heterocycles. The summed E-state index contributed by atoms with van der Waals surface area (Å²) in [7, 11) is 0. The minimum atomic E-state index is -1.21. The van der Waals surface area contributed by atoms with Crippen LogP contribution in [0.1, 0.15) is 55.5 Å².